The molecule has 5 nitrogen and oxygen atoms in total. The fourth-order valence-electron chi connectivity index (χ4n) is 6.06. The molecule has 128 valence electrons. The molecule has 4 rings (SSSR count). The van der Waals surface area contributed by atoms with Gasteiger partial charge in [-0.25, -0.2) is 0 Å². The lowest BCUT2D eigenvalue weighted by Gasteiger charge is -2.66. The zero-order valence-electron chi connectivity index (χ0n) is 13.9. The Morgan fingerprint density at radius 3 is 2.87 bits per heavy atom. The first-order valence-corrected chi connectivity index (χ1v) is 8.95. The molecule has 1 spiro atoms. The summed E-state index contributed by atoms with van der Waals surface area (Å²) >= 11 is 0. The van der Waals surface area contributed by atoms with Crippen LogP contribution in [0.4, 0.5) is 0 Å². The van der Waals surface area contributed by atoms with Crippen molar-refractivity contribution in [1.29, 1.82) is 0 Å². The van der Waals surface area contributed by atoms with Crippen LogP contribution in [0, 0.1) is 17.8 Å². The molecule has 7 atom stereocenters. The summed E-state index contributed by atoms with van der Waals surface area (Å²) in [6.07, 6.45) is 4.27. The van der Waals surface area contributed by atoms with Crippen molar-refractivity contribution in [3.63, 3.8) is 0 Å². The van der Waals surface area contributed by atoms with E-state index >= 15 is 0 Å². The third kappa shape index (κ3) is 1.99. The summed E-state index contributed by atoms with van der Waals surface area (Å²) in [5.74, 6) is -0.299. The van der Waals surface area contributed by atoms with Crippen LogP contribution in [0.2, 0.25) is 0 Å². The Morgan fingerprint density at radius 1 is 1.35 bits per heavy atom. The second-order valence-corrected chi connectivity index (χ2v) is 7.87. The summed E-state index contributed by atoms with van der Waals surface area (Å²) < 4.78 is 5.61. The quantitative estimate of drug-likeness (QED) is 0.559. The highest BCUT2D eigenvalue weighted by Crippen LogP contribution is 2.59. The number of nitrogens with zero attached hydrogens (tertiary/aromatic N) is 1. The van der Waals surface area contributed by atoms with Gasteiger partial charge in [-0.2, -0.15) is 0 Å². The molecular formula is C18H27NO4. The molecule has 2 unspecified atom stereocenters. The van der Waals surface area contributed by atoms with Crippen LogP contribution in [0.25, 0.3) is 0 Å². The minimum Gasteiger partial charge on any atom is -0.462 e. The standard InChI is InChI=1S/C18H27NO4/c1-10-9-18-12-5-3-7-19(18)8-4-6-13(18)15(21)16(22)14(12)17(10)23-11(2)20/h5,10,13-17,21-22H,3-4,6-9H2,1-2H3/t10?,13-,14-,15+,16+,17?,18-/m1/s1. The van der Waals surface area contributed by atoms with Crippen LogP contribution in [-0.4, -0.2) is 58.0 Å². The molecule has 2 aliphatic heterocycles. The average molecular weight is 321 g/mol. The second-order valence-electron chi connectivity index (χ2n) is 7.87. The van der Waals surface area contributed by atoms with E-state index in [2.05, 4.69) is 17.9 Å². The van der Waals surface area contributed by atoms with Crippen LogP contribution < -0.4 is 0 Å². The largest absolute Gasteiger partial charge is 0.462 e. The molecule has 0 radical (unpaired) electrons. The minimum absolute atomic E-state index is 0.0924. The second kappa shape index (κ2) is 5.30. The summed E-state index contributed by atoms with van der Waals surface area (Å²) in [7, 11) is 0. The Kier molecular flexibility index (Phi) is 3.59. The van der Waals surface area contributed by atoms with Crippen molar-refractivity contribution in [2.45, 2.75) is 63.4 Å². The highest BCUT2D eigenvalue weighted by molar-refractivity contribution is 5.66. The maximum Gasteiger partial charge on any atom is 0.302 e. The monoisotopic (exact) mass is 321 g/mol. The summed E-state index contributed by atoms with van der Waals surface area (Å²) in [4.78, 5) is 14.1. The minimum atomic E-state index is -0.843. The van der Waals surface area contributed by atoms with Gasteiger partial charge < -0.3 is 14.9 Å². The lowest BCUT2D eigenvalue weighted by Crippen LogP contribution is -2.74. The van der Waals surface area contributed by atoms with Crippen molar-refractivity contribution in [3.8, 4) is 0 Å². The molecule has 2 bridgehead atoms. The molecule has 2 N–H and O–H groups in total. The first-order valence-electron chi connectivity index (χ1n) is 8.95. The predicted molar refractivity (Wildman–Crippen MR) is 84.6 cm³/mol. The molecule has 0 aromatic heterocycles. The molecule has 2 aliphatic carbocycles. The van der Waals surface area contributed by atoms with Gasteiger partial charge in [-0.1, -0.05) is 13.0 Å². The van der Waals surface area contributed by atoms with E-state index in [1.165, 1.54) is 12.5 Å². The van der Waals surface area contributed by atoms with Gasteiger partial charge in [0.25, 0.3) is 0 Å². The highest BCUT2D eigenvalue weighted by atomic mass is 16.5. The van der Waals surface area contributed by atoms with Crippen molar-refractivity contribution in [2.24, 2.45) is 17.8 Å². The maximum absolute atomic E-state index is 11.6. The number of esters is 1. The zero-order chi connectivity index (χ0) is 16.4. The lowest BCUT2D eigenvalue weighted by atomic mass is 9.50. The Morgan fingerprint density at radius 2 is 2.13 bits per heavy atom. The SMILES string of the molecule is CC(=O)OC1C(C)C[C@]23C4=CCCN2CCC[C@@H]3[C@H](O)[C@@H](O)[C@@H]41. The maximum atomic E-state index is 11.6. The van der Waals surface area contributed by atoms with E-state index in [1.807, 2.05) is 0 Å². The number of ether oxygens (including phenoxy) is 1. The number of hydrogen-bond acceptors (Lipinski definition) is 5. The molecule has 0 aromatic carbocycles. The normalized spacial score (nSPS) is 49.1. The van der Waals surface area contributed by atoms with E-state index < -0.39 is 12.2 Å². The number of piperidine rings is 1. The van der Waals surface area contributed by atoms with Gasteiger partial charge in [-0.3, -0.25) is 9.69 Å². The Labute approximate surface area is 137 Å². The molecule has 2 heterocycles. The van der Waals surface area contributed by atoms with Crippen LogP contribution in [0.3, 0.4) is 0 Å². The van der Waals surface area contributed by atoms with Crippen LogP contribution in [0.15, 0.2) is 11.6 Å². The number of aliphatic hydroxyl groups excluding tert-OH is 2. The van der Waals surface area contributed by atoms with Gasteiger partial charge in [0.2, 0.25) is 0 Å². The predicted octanol–water partition coefficient (Wildman–Crippen LogP) is 1.09. The summed E-state index contributed by atoms with van der Waals surface area (Å²) in [6, 6.07) is 0. The van der Waals surface area contributed by atoms with E-state index in [0.717, 1.165) is 38.8 Å². The van der Waals surface area contributed by atoms with E-state index in [-0.39, 0.29) is 35.4 Å². The van der Waals surface area contributed by atoms with Crippen molar-refractivity contribution in [1.82, 2.24) is 4.90 Å². The number of rotatable bonds is 1. The molecule has 3 fully saturated rings. The molecule has 0 amide bonds. The van der Waals surface area contributed by atoms with E-state index in [1.54, 1.807) is 0 Å². The van der Waals surface area contributed by atoms with Gasteiger partial charge >= 0.3 is 5.97 Å². The van der Waals surface area contributed by atoms with Crippen molar-refractivity contribution >= 4 is 5.97 Å². The van der Waals surface area contributed by atoms with E-state index in [0.29, 0.717) is 0 Å². The van der Waals surface area contributed by atoms with Crippen molar-refractivity contribution < 1.29 is 19.7 Å². The first-order chi connectivity index (χ1) is 11.0. The first kappa shape index (κ1) is 15.6. The van der Waals surface area contributed by atoms with E-state index in [4.69, 9.17) is 4.74 Å². The molecule has 5 heteroatoms. The van der Waals surface area contributed by atoms with Gasteiger partial charge in [-0.15, -0.1) is 0 Å². The van der Waals surface area contributed by atoms with Crippen LogP contribution in [-0.2, 0) is 9.53 Å². The number of hydrogen-bond donors (Lipinski definition) is 2. The van der Waals surface area contributed by atoms with Gasteiger partial charge in [0, 0.05) is 30.8 Å². The lowest BCUT2D eigenvalue weighted by molar-refractivity contribution is -0.199. The number of aliphatic hydroxyl groups is 2. The summed E-state index contributed by atoms with van der Waals surface area (Å²) in [5.41, 5.74) is 1.10. The molecule has 4 aliphatic rings. The summed E-state index contributed by atoms with van der Waals surface area (Å²) in [6.45, 7) is 5.64. The highest BCUT2D eigenvalue weighted by Gasteiger charge is 2.65. The topological polar surface area (TPSA) is 70.0 Å². The molecule has 23 heavy (non-hydrogen) atoms. The number of carbonyl (C=O) groups excluding carboxylic acids is 1. The molecule has 1 saturated heterocycles. The third-order valence-corrected chi connectivity index (χ3v) is 6.72. The van der Waals surface area contributed by atoms with Crippen LogP contribution in [0.5, 0.6) is 0 Å². The molecular weight excluding hydrogens is 294 g/mol. The Balaban J connectivity index is 1.83. The molecule has 0 aromatic rings. The van der Waals surface area contributed by atoms with Gasteiger partial charge in [-0.05, 0) is 43.7 Å². The smallest absolute Gasteiger partial charge is 0.302 e. The zero-order valence-corrected chi connectivity index (χ0v) is 13.9. The van der Waals surface area contributed by atoms with Gasteiger partial charge in [0.15, 0.2) is 0 Å². The average Bonchev–Trinajstić information content (AvgIpc) is 2.51. The third-order valence-electron chi connectivity index (χ3n) is 6.72. The number of carbonyl (C=O) groups is 1. The van der Waals surface area contributed by atoms with E-state index in [9.17, 15) is 15.0 Å². The molecule has 2 saturated carbocycles. The van der Waals surface area contributed by atoms with Gasteiger partial charge in [0.05, 0.1) is 12.2 Å². The van der Waals surface area contributed by atoms with Crippen molar-refractivity contribution in [2.75, 3.05) is 13.1 Å². The summed E-state index contributed by atoms with van der Waals surface area (Å²) in [5, 5.41) is 21.7. The van der Waals surface area contributed by atoms with Gasteiger partial charge in [0.1, 0.15) is 6.10 Å². The fourth-order valence-corrected chi connectivity index (χ4v) is 6.06. The fraction of sp³-hybridized carbons (Fsp3) is 0.833. The van der Waals surface area contributed by atoms with Crippen molar-refractivity contribution in [3.05, 3.63) is 11.6 Å². The van der Waals surface area contributed by atoms with Crippen LogP contribution in [0.1, 0.15) is 39.5 Å². The Bertz CT molecular complexity index is 547. The van der Waals surface area contributed by atoms with Crippen LogP contribution >= 0.6 is 0 Å². The Hall–Kier alpha value is -0.910.